The Morgan fingerprint density at radius 2 is 1.79 bits per heavy atom. The number of sulfone groups is 1. The molecule has 3 nitrogen and oxygen atoms in total. The van der Waals surface area contributed by atoms with E-state index in [9.17, 15) is 8.42 Å². The van der Waals surface area contributed by atoms with Gasteiger partial charge >= 0.3 is 0 Å². The van der Waals surface area contributed by atoms with Gasteiger partial charge in [0.05, 0.1) is 0 Å². The Balaban J connectivity index is 1.88. The van der Waals surface area contributed by atoms with Crippen LogP contribution in [0.25, 0.3) is 0 Å². The predicted molar refractivity (Wildman–Crippen MR) is 80.0 cm³/mol. The maximum Gasteiger partial charge on any atom is 0.147 e. The van der Waals surface area contributed by atoms with Gasteiger partial charge in [-0.3, -0.25) is 0 Å². The summed E-state index contributed by atoms with van der Waals surface area (Å²) in [6.45, 7) is 7.65. The molecule has 2 aliphatic rings. The summed E-state index contributed by atoms with van der Waals surface area (Å²) in [5, 5.41) is 3.64. The first kappa shape index (κ1) is 15.3. The van der Waals surface area contributed by atoms with E-state index in [1.54, 1.807) is 0 Å². The van der Waals surface area contributed by atoms with Gasteiger partial charge in [0.2, 0.25) is 0 Å². The first-order valence-corrected chi connectivity index (χ1v) is 9.57. The van der Waals surface area contributed by atoms with E-state index in [4.69, 9.17) is 0 Å². The van der Waals surface area contributed by atoms with Crippen LogP contribution in [0.2, 0.25) is 0 Å². The van der Waals surface area contributed by atoms with Gasteiger partial charge in [0, 0.05) is 24.1 Å². The van der Waals surface area contributed by atoms with Gasteiger partial charge in [-0.2, -0.15) is 0 Å². The Morgan fingerprint density at radius 3 is 2.26 bits per heavy atom. The molecular weight excluding hydrogens is 258 g/mol. The molecule has 0 bridgehead atoms. The van der Waals surface area contributed by atoms with E-state index in [2.05, 4.69) is 26.1 Å². The molecule has 0 spiro atoms. The van der Waals surface area contributed by atoms with Crippen LogP contribution in [0.5, 0.6) is 0 Å². The van der Waals surface area contributed by atoms with Crippen molar-refractivity contribution in [2.24, 2.45) is 17.3 Å². The number of fused-ring (bicyclic) bond motifs is 1. The molecule has 2 unspecified atom stereocenters. The Hall–Kier alpha value is -0.0900. The molecule has 0 aromatic heterocycles. The summed E-state index contributed by atoms with van der Waals surface area (Å²) < 4.78 is 22.6. The lowest BCUT2D eigenvalue weighted by Gasteiger charge is -2.35. The van der Waals surface area contributed by atoms with Crippen molar-refractivity contribution >= 4 is 9.84 Å². The van der Waals surface area contributed by atoms with E-state index in [0.717, 1.165) is 31.2 Å². The van der Waals surface area contributed by atoms with E-state index < -0.39 is 9.84 Å². The van der Waals surface area contributed by atoms with Gasteiger partial charge in [-0.15, -0.1) is 0 Å². The fourth-order valence-corrected chi connectivity index (χ4v) is 4.27. The maximum atomic E-state index is 11.3. The predicted octanol–water partition coefficient (Wildman–Crippen LogP) is 2.62. The van der Waals surface area contributed by atoms with Crippen LogP contribution in [0.3, 0.4) is 0 Å². The van der Waals surface area contributed by atoms with Gasteiger partial charge in [-0.1, -0.05) is 0 Å². The highest BCUT2D eigenvalue weighted by Gasteiger charge is 2.53. The van der Waals surface area contributed by atoms with Crippen LogP contribution in [0, 0.1) is 17.3 Å². The molecule has 2 atom stereocenters. The summed E-state index contributed by atoms with van der Waals surface area (Å²) in [7, 11) is -2.81. The highest BCUT2D eigenvalue weighted by Crippen LogP contribution is 2.61. The molecular formula is C15H29NO2S. The van der Waals surface area contributed by atoms with Crippen molar-refractivity contribution in [3.05, 3.63) is 0 Å². The lowest BCUT2D eigenvalue weighted by molar-refractivity contribution is 0.206. The summed E-state index contributed by atoms with van der Waals surface area (Å²) in [5.74, 6) is 2.24. The van der Waals surface area contributed by atoms with E-state index in [1.807, 2.05) is 0 Å². The first-order chi connectivity index (χ1) is 8.59. The molecule has 0 heterocycles. The molecule has 0 radical (unpaired) electrons. The third-order valence-electron chi connectivity index (χ3n) is 4.68. The van der Waals surface area contributed by atoms with E-state index in [-0.39, 0.29) is 5.54 Å². The number of nitrogens with one attached hydrogen (secondary N) is 1. The minimum absolute atomic E-state index is 0.149. The molecule has 0 aromatic rings. The van der Waals surface area contributed by atoms with Crippen LogP contribution in [0.4, 0.5) is 0 Å². The lowest BCUT2D eigenvalue weighted by atomic mass is 9.78. The van der Waals surface area contributed by atoms with Crippen LogP contribution >= 0.6 is 0 Å². The summed E-state index contributed by atoms with van der Waals surface area (Å²) in [6.07, 6.45) is 7.28. The molecule has 2 saturated carbocycles. The topological polar surface area (TPSA) is 46.2 Å². The van der Waals surface area contributed by atoms with Gasteiger partial charge in [0.25, 0.3) is 0 Å². The van der Waals surface area contributed by atoms with Crippen molar-refractivity contribution in [1.29, 1.82) is 0 Å². The second-order valence-electron chi connectivity index (χ2n) is 8.00. The first-order valence-electron chi connectivity index (χ1n) is 7.51. The normalized spacial score (nSPS) is 34.3. The third-order valence-corrected chi connectivity index (χ3v) is 5.71. The minimum atomic E-state index is -2.81. The van der Waals surface area contributed by atoms with Crippen molar-refractivity contribution in [1.82, 2.24) is 5.32 Å². The molecule has 0 saturated heterocycles. The number of hydrogen-bond acceptors (Lipinski definition) is 3. The number of rotatable bonds is 6. The van der Waals surface area contributed by atoms with Crippen molar-refractivity contribution in [2.75, 3.05) is 18.6 Å². The minimum Gasteiger partial charge on any atom is -0.312 e. The van der Waals surface area contributed by atoms with Gasteiger partial charge in [-0.25, -0.2) is 8.42 Å². The highest BCUT2D eigenvalue weighted by atomic mass is 32.2. The van der Waals surface area contributed by atoms with Crippen LogP contribution in [-0.2, 0) is 9.84 Å². The molecule has 112 valence electrons. The monoisotopic (exact) mass is 287 g/mol. The molecule has 2 rings (SSSR count). The van der Waals surface area contributed by atoms with Crippen LogP contribution in [0.15, 0.2) is 0 Å². The van der Waals surface area contributed by atoms with Crippen molar-refractivity contribution in [2.45, 2.75) is 58.4 Å². The summed E-state index contributed by atoms with van der Waals surface area (Å²) in [5.41, 5.74) is 0.516. The average molecular weight is 287 g/mol. The highest BCUT2D eigenvalue weighted by molar-refractivity contribution is 7.90. The fraction of sp³-hybridized carbons (Fsp3) is 1.00. The Bertz CT molecular complexity index is 412. The molecule has 0 amide bonds. The van der Waals surface area contributed by atoms with Gasteiger partial charge in [0.15, 0.2) is 0 Å². The second kappa shape index (κ2) is 5.03. The summed E-state index contributed by atoms with van der Waals surface area (Å²) in [4.78, 5) is 0. The summed E-state index contributed by atoms with van der Waals surface area (Å²) in [6, 6.07) is 0. The van der Waals surface area contributed by atoms with Gasteiger partial charge in [0.1, 0.15) is 9.84 Å². The Morgan fingerprint density at radius 1 is 1.21 bits per heavy atom. The van der Waals surface area contributed by atoms with Crippen LogP contribution in [0.1, 0.15) is 52.9 Å². The third kappa shape index (κ3) is 4.75. The zero-order chi connectivity index (χ0) is 14.3. The van der Waals surface area contributed by atoms with E-state index in [0.29, 0.717) is 11.2 Å². The van der Waals surface area contributed by atoms with E-state index >= 15 is 0 Å². The molecule has 2 fully saturated rings. The largest absolute Gasteiger partial charge is 0.312 e. The molecule has 0 aromatic carbocycles. The fourth-order valence-electron chi connectivity index (χ4n) is 3.60. The molecule has 2 aliphatic carbocycles. The second-order valence-corrected chi connectivity index (χ2v) is 10.3. The maximum absolute atomic E-state index is 11.3. The van der Waals surface area contributed by atoms with Gasteiger partial charge in [-0.05, 0) is 70.1 Å². The average Bonchev–Trinajstić information content (AvgIpc) is 2.82. The molecule has 1 N–H and O–H groups in total. The van der Waals surface area contributed by atoms with Crippen molar-refractivity contribution in [3.63, 3.8) is 0 Å². The Labute approximate surface area is 118 Å². The van der Waals surface area contributed by atoms with E-state index in [1.165, 1.54) is 25.5 Å². The smallest absolute Gasteiger partial charge is 0.147 e. The number of hydrogen-bond donors (Lipinski definition) is 1. The Kier molecular flexibility index (Phi) is 4.05. The molecule has 0 aliphatic heterocycles. The SMILES string of the molecule is CC(C)(C)NCC1(CCCS(C)(=O)=O)CC2CC2C1. The lowest BCUT2D eigenvalue weighted by Crippen LogP contribution is -2.43. The zero-order valence-electron chi connectivity index (χ0n) is 12.8. The standard InChI is InChI=1S/C15H29NO2S/c1-14(2,3)16-11-15(6-5-7-19(4,17)18)9-12-8-13(12)10-15/h12-13,16H,5-11H2,1-4H3. The quantitative estimate of drug-likeness (QED) is 0.817. The molecule has 19 heavy (non-hydrogen) atoms. The van der Waals surface area contributed by atoms with Crippen LogP contribution in [-0.4, -0.2) is 32.5 Å². The van der Waals surface area contributed by atoms with Crippen LogP contribution < -0.4 is 5.32 Å². The zero-order valence-corrected chi connectivity index (χ0v) is 13.6. The van der Waals surface area contributed by atoms with Gasteiger partial charge < -0.3 is 5.32 Å². The van der Waals surface area contributed by atoms with Crippen molar-refractivity contribution < 1.29 is 8.42 Å². The van der Waals surface area contributed by atoms with Crippen molar-refractivity contribution in [3.8, 4) is 0 Å². The summed E-state index contributed by atoms with van der Waals surface area (Å²) >= 11 is 0. The molecule has 4 heteroatoms.